The maximum atomic E-state index is 12.6. The maximum absolute atomic E-state index is 12.6. The van der Waals surface area contributed by atoms with Gasteiger partial charge in [0.2, 0.25) is 0 Å². The third-order valence-corrected chi connectivity index (χ3v) is 6.79. The number of ether oxygens (including phenoxy) is 2. The number of halogens is 1. The lowest BCUT2D eigenvalue weighted by Crippen LogP contribution is -2.32. The van der Waals surface area contributed by atoms with E-state index in [2.05, 4.69) is 29.2 Å². The smallest absolute Gasteiger partial charge is 0.266 e. The average molecular weight is 558 g/mol. The number of benzene rings is 1. The summed E-state index contributed by atoms with van der Waals surface area (Å²) in [7, 11) is 0. The minimum atomic E-state index is -0.130. The molecule has 6 nitrogen and oxygen atoms in total. The molecule has 0 bridgehead atoms. The lowest BCUT2D eigenvalue weighted by Gasteiger charge is -2.18. The molecule has 160 valence electrons. The molecule has 2 aliphatic heterocycles. The molecular weight excluding hydrogens is 535 g/mol. The molecule has 1 aromatic rings. The van der Waals surface area contributed by atoms with Crippen molar-refractivity contribution >= 4 is 68.8 Å². The highest BCUT2D eigenvalue weighted by Gasteiger charge is 2.31. The molecule has 0 atom stereocenters. The Hall–Kier alpha value is -1.59. The van der Waals surface area contributed by atoms with Crippen LogP contribution in [0.4, 0.5) is 0 Å². The molecule has 2 aliphatic rings. The Balaban J connectivity index is 1.80. The first-order valence-corrected chi connectivity index (χ1v) is 12.0. The van der Waals surface area contributed by atoms with E-state index in [1.165, 1.54) is 16.7 Å². The van der Waals surface area contributed by atoms with E-state index in [1.807, 2.05) is 24.0 Å². The second-order valence-corrected chi connectivity index (χ2v) is 9.56. The Morgan fingerprint density at radius 1 is 1.33 bits per heavy atom. The summed E-state index contributed by atoms with van der Waals surface area (Å²) in [6.45, 7) is 7.97. The van der Waals surface area contributed by atoms with E-state index in [0.717, 1.165) is 35.1 Å². The zero-order valence-corrected chi connectivity index (χ0v) is 20.5. The lowest BCUT2D eigenvalue weighted by atomic mass is 10.2. The van der Waals surface area contributed by atoms with Gasteiger partial charge in [-0.25, -0.2) is 0 Å². The van der Waals surface area contributed by atoms with Crippen molar-refractivity contribution in [3.05, 3.63) is 38.8 Å². The molecule has 2 amide bonds. The van der Waals surface area contributed by atoms with E-state index in [9.17, 15) is 9.59 Å². The van der Waals surface area contributed by atoms with Crippen LogP contribution in [0.1, 0.15) is 25.3 Å². The van der Waals surface area contributed by atoms with E-state index >= 15 is 0 Å². The van der Waals surface area contributed by atoms with E-state index in [0.29, 0.717) is 33.9 Å². The van der Waals surface area contributed by atoms with E-state index in [1.54, 1.807) is 12.2 Å². The van der Waals surface area contributed by atoms with Gasteiger partial charge >= 0.3 is 0 Å². The van der Waals surface area contributed by atoms with Gasteiger partial charge < -0.3 is 14.4 Å². The first-order chi connectivity index (χ1) is 14.4. The molecule has 0 spiro atoms. The fourth-order valence-corrected chi connectivity index (χ4v) is 5.26. The van der Waals surface area contributed by atoms with Gasteiger partial charge in [0.1, 0.15) is 4.32 Å². The number of hydrogen-bond donors (Lipinski definition) is 0. The van der Waals surface area contributed by atoms with Gasteiger partial charge in [-0.15, -0.1) is 6.58 Å². The summed E-state index contributed by atoms with van der Waals surface area (Å²) in [5, 5.41) is 0. The number of carbonyl (C=O) groups is 2. The van der Waals surface area contributed by atoms with Crippen LogP contribution in [0, 0.1) is 3.57 Å². The van der Waals surface area contributed by atoms with Crippen molar-refractivity contribution < 1.29 is 19.1 Å². The third-order valence-electron chi connectivity index (χ3n) is 4.61. The van der Waals surface area contributed by atoms with Crippen molar-refractivity contribution in [2.24, 2.45) is 0 Å². The van der Waals surface area contributed by atoms with Crippen LogP contribution in [0.5, 0.6) is 11.5 Å². The number of hydrogen-bond acceptors (Lipinski definition) is 6. The van der Waals surface area contributed by atoms with Gasteiger partial charge in [-0.1, -0.05) is 30.1 Å². The lowest BCUT2D eigenvalue weighted by molar-refractivity contribution is -0.132. The molecule has 2 saturated heterocycles. The van der Waals surface area contributed by atoms with Gasteiger partial charge in [0.05, 0.1) is 15.1 Å². The standard InChI is InChI=1S/C21H23IN2O4S2/c1-3-7-24-20(26)17(30-21(24)29)12-14-10-15(22)19(16(11-14)27-4-2)28-13-18(25)23-8-5-6-9-23/h3,10-12H,1,4-9,13H2,2H3/b17-12-. The number of amides is 2. The van der Waals surface area contributed by atoms with Gasteiger partial charge in [0, 0.05) is 19.6 Å². The monoisotopic (exact) mass is 558 g/mol. The molecule has 30 heavy (non-hydrogen) atoms. The molecule has 0 aliphatic carbocycles. The summed E-state index contributed by atoms with van der Waals surface area (Å²) in [5.41, 5.74) is 0.806. The second-order valence-electron chi connectivity index (χ2n) is 6.72. The highest BCUT2D eigenvalue weighted by atomic mass is 127. The van der Waals surface area contributed by atoms with Gasteiger partial charge in [-0.05, 0) is 66.1 Å². The zero-order chi connectivity index (χ0) is 21.7. The van der Waals surface area contributed by atoms with Crippen LogP contribution < -0.4 is 9.47 Å². The maximum Gasteiger partial charge on any atom is 0.266 e. The van der Waals surface area contributed by atoms with E-state index in [-0.39, 0.29) is 18.4 Å². The largest absolute Gasteiger partial charge is 0.490 e. The number of likely N-dealkylation sites (tertiary alicyclic amines) is 1. The molecule has 2 fully saturated rings. The second kappa shape index (κ2) is 10.6. The zero-order valence-electron chi connectivity index (χ0n) is 16.7. The predicted octanol–water partition coefficient (Wildman–Crippen LogP) is 4.08. The number of thiocarbonyl (C=S) groups is 1. The molecule has 3 rings (SSSR count). The minimum absolute atomic E-state index is 0.0132. The van der Waals surface area contributed by atoms with E-state index in [4.69, 9.17) is 21.7 Å². The summed E-state index contributed by atoms with van der Waals surface area (Å²) in [6.07, 6.45) is 5.54. The van der Waals surface area contributed by atoms with Crippen LogP contribution in [0.25, 0.3) is 6.08 Å². The minimum Gasteiger partial charge on any atom is -0.490 e. The molecule has 0 aromatic heterocycles. The molecule has 0 unspecified atom stereocenters. The molecule has 9 heteroatoms. The molecule has 2 heterocycles. The van der Waals surface area contributed by atoms with Crippen molar-refractivity contribution in [3.63, 3.8) is 0 Å². The number of rotatable bonds is 8. The summed E-state index contributed by atoms with van der Waals surface area (Å²) < 4.78 is 12.9. The average Bonchev–Trinajstić information content (AvgIpc) is 3.33. The number of nitrogens with zero attached hydrogens (tertiary/aromatic N) is 2. The van der Waals surface area contributed by atoms with Crippen LogP contribution in [-0.2, 0) is 9.59 Å². The topological polar surface area (TPSA) is 59.1 Å². The van der Waals surface area contributed by atoms with E-state index < -0.39 is 0 Å². The molecular formula is C21H23IN2O4S2. The highest BCUT2D eigenvalue weighted by Crippen LogP contribution is 2.37. The summed E-state index contributed by atoms with van der Waals surface area (Å²) in [5.74, 6) is 0.947. The number of carbonyl (C=O) groups excluding carboxylic acids is 2. The Morgan fingerprint density at radius 2 is 2.07 bits per heavy atom. The van der Waals surface area contributed by atoms with Gasteiger partial charge in [-0.2, -0.15) is 0 Å². The third kappa shape index (κ3) is 5.36. The fourth-order valence-electron chi connectivity index (χ4n) is 3.20. The van der Waals surface area contributed by atoms with Crippen LogP contribution in [0.2, 0.25) is 0 Å². The van der Waals surface area contributed by atoms with Crippen LogP contribution in [0.3, 0.4) is 0 Å². The van der Waals surface area contributed by atoms with Gasteiger partial charge in [-0.3, -0.25) is 14.5 Å². The summed E-state index contributed by atoms with van der Waals surface area (Å²) in [4.78, 5) is 28.8. The van der Waals surface area contributed by atoms with Crippen molar-refractivity contribution in [1.82, 2.24) is 9.80 Å². The molecule has 1 aromatic carbocycles. The van der Waals surface area contributed by atoms with Crippen molar-refractivity contribution in [3.8, 4) is 11.5 Å². The quantitative estimate of drug-likeness (QED) is 0.208. The van der Waals surface area contributed by atoms with Crippen LogP contribution in [0.15, 0.2) is 29.7 Å². The Morgan fingerprint density at radius 3 is 2.73 bits per heavy atom. The highest BCUT2D eigenvalue weighted by molar-refractivity contribution is 14.1. The summed E-state index contributed by atoms with van der Waals surface area (Å²) in [6, 6.07) is 3.72. The molecule has 0 saturated carbocycles. The van der Waals surface area contributed by atoms with Crippen LogP contribution in [-0.4, -0.2) is 58.8 Å². The first kappa shape index (κ1) is 23.1. The number of thioether (sulfide) groups is 1. The summed E-state index contributed by atoms with van der Waals surface area (Å²) >= 11 is 8.72. The van der Waals surface area contributed by atoms with Gasteiger partial charge in [0.15, 0.2) is 18.1 Å². The van der Waals surface area contributed by atoms with Crippen molar-refractivity contribution in [2.75, 3.05) is 32.8 Å². The Bertz CT molecular complexity index is 897. The Labute approximate surface area is 199 Å². The first-order valence-electron chi connectivity index (χ1n) is 9.67. The molecule has 0 N–H and O–H groups in total. The van der Waals surface area contributed by atoms with Crippen LogP contribution >= 0.6 is 46.6 Å². The predicted molar refractivity (Wildman–Crippen MR) is 132 cm³/mol. The normalized spacial score (nSPS) is 17.7. The fraction of sp³-hybridized carbons (Fsp3) is 0.381. The Kier molecular flexibility index (Phi) is 8.18. The SMILES string of the molecule is C=CCN1C(=O)/C(=C/c2cc(I)c(OCC(=O)N3CCCC3)c(OCC)c2)SC1=S. The van der Waals surface area contributed by atoms with Crippen molar-refractivity contribution in [2.45, 2.75) is 19.8 Å². The van der Waals surface area contributed by atoms with Crippen molar-refractivity contribution in [1.29, 1.82) is 0 Å². The van der Waals surface area contributed by atoms with Gasteiger partial charge in [0.25, 0.3) is 11.8 Å². The molecule has 0 radical (unpaired) electrons.